The highest BCUT2D eigenvalue weighted by Gasteiger charge is 2.64. The number of cyclic esters (lactones) is 2. The first-order valence-electron chi connectivity index (χ1n) is 5.90. The molecule has 4 rings (SSSR count). The summed E-state index contributed by atoms with van der Waals surface area (Å²) in [4.78, 5) is 23.2. The van der Waals surface area contributed by atoms with Gasteiger partial charge in [0.15, 0.2) is 0 Å². The van der Waals surface area contributed by atoms with Crippen molar-refractivity contribution in [2.75, 3.05) is 0 Å². The molecule has 0 saturated carbocycles. The molecule has 2 saturated heterocycles. The van der Waals surface area contributed by atoms with Gasteiger partial charge in [-0.05, 0) is 36.8 Å². The van der Waals surface area contributed by atoms with Crippen LogP contribution in [0.5, 0.6) is 0 Å². The van der Waals surface area contributed by atoms with Crippen LogP contribution in [0.2, 0.25) is 0 Å². The Kier molecular flexibility index (Phi) is 1.53. The van der Waals surface area contributed by atoms with Crippen molar-refractivity contribution in [3.8, 4) is 0 Å². The highest BCUT2D eigenvalue weighted by molar-refractivity contribution is 5.98. The Morgan fingerprint density at radius 3 is 1.88 bits per heavy atom. The summed E-state index contributed by atoms with van der Waals surface area (Å²) >= 11 is 0. The fourth-order valence-electron chi connectivity index (χ4n) is 3.68. The quantitative estimate of drug-likeness (QED) is 0.346. The van der Waals surface area contributed by atoms with Gasteiger partial charge in [0.2, 0.25) is 0 Å². The van der Waals surface area contributed by atoms with E-state index >= 15 is 0 Å². The third-order valence-corrected chi connectivity index (χ3v) is 4.32. The van der Waals surface area contributed by atoms with E-state index in [2.05, 4.69) is 0 Å². The Labute approximate surface area is 92.6 Å². The van der Waals surface area contributed by atoms with Crippen LogP contribution in [0.3, 0.4) is 0 Å². The topological polar surface area (TPSA) is 52.6 Å². The molecule has 0 aromatic carbocycles. The van der Waals surface area contributed by atoms with Crippen molar-refractivity contribution in [1.29, 1.82) is 0 Å². The number of carbonyl (C=O) groups is 2. The Hall–Kier alpha value is -1.16. The van der Waals surface area contributed by atoms with Crippen molar-refractivity contribution >= 4 is 11.9 Å². The molecule has 2 bridgehead atoms. The molecule has 2 unspecified atom stereocenters. The molecule has 2 fully saturated rings. The van der Waals surface area contributed by atoms with Gasteiger partial charge in [0.25, 0.3) is 0 Å². The Bertz CT molecular complexity index is 398. The number of fused-ring (bicyclic) bond motifs is 7. The number of carbonyl (C=O) groups excluding carboxylic acids is 2. The maximum Gasteiger partial charge on any atom is 0.320 e. The molecule has 0 amide bonds. The van der Waals surface area contributed by atoms with E-state index in [-0.39, 0.29) is 36.0 Å². The number of ether oxygens (including phenoxy) is 2. The van der Waals surface area contributed by atoms with Crippen molar-refractivity contribution in [2.45, 2.75) is 37.9 Å². The summed E-state index contributed by atoms with van der Waals surface area (Å²) in [6.07, 6.45) is 4.11. The third kappa shape index (κ3) is 0.857. The monoisotopic (exact) mass is 220 g/mol. The molecule has 0 N–H and O–H groups in total. The van der Waals surface area contributed by atoms with Crippen LogP contribution in [0.15, 0.2) is 11.1 Å². The summed E-state index contributed by atoms with van der Waals surface area (Å²) in [6, 6.07) is 0. The van der Waals surface area contributed by atoms with Gasteiger partial charge in [-0.15, -0.1) is 0 Å². The molecule has 4 atom stereocenters. The minimum absolute atomic E-state index is 0.149. The molecule has 4 nitrogen and oxygen atoms in total. The molecule has 4 heteroatoms. The molecule has 3 heterocycles. The smallest absolute Gasteiger partial charge is 0.320 e. The van der Waals surface area contributed by atoms with Gasteiger partial charge in [-0.3, -0.25) is 9.59 Å². The van der Waals surface area contributed by atoms with Gasteiger partial charge < -0.3 is 9.47 Å². The lowest BCUT2D eigenvalue weighted by Crippen LogP contribution is -2.32. The van der Waals surface area contributed by atoms with E-state index in [4.69, 9.17) is 9.47 Å². The summed E-state index contributed by atoms with van der Waals surface area (Å²) in [7, 11) is 0. The van der Waals surface area contributed by atoms with Crippen molar-refractivity contribution in [3.05, 3.63) is 11.1 Å². The number of esters is 2. The molecule has 84 valence electrons. The minimum atomic E-state index is -0.375. The van der Waals surface area contributed by atoms with Crippen molar-refractivity contribution in [1.82, 2.24) is 0 Å². The summed E-state index contributed by atoms with van der Waals surface area (Å²) < 4.78 is 10.6. The lowest BCUT2D eigenvalue weighted by Gasteiger charge is -2.25. The van der Waals surface area contributed by atoms with Gasteiger partial charge >= 0.3 is 11.9 Å². The van der Waals surface area contributed by atoms with Crippen LogP contribution in [0.4, 0.5) is 0 Å². The second-order valence-corrected chi connectivity index (χ2v) is 5.03. The van der Waals surface area contributed by atoms with Crippen LogP contribution < -0.4 is 0 Å². The summed E-state index contributed by atoms with van der Waals surface area (Å²) in [5.41, 5.74) is 2.59. The highest BCUT2D eigenvalue weighted by Crippen LogP contribution is 2.54. The molecule has 0 aromatic rings. The molecular formula is C12H12O4. The van der Waals surface area contributed by atoms with Crippen LogP contribution in [-0.2, 0) is 19.1 Å². The normalized spacial score (nSPS) is 44.8. The van der Waals surface area contributed by atoms with E-state index in [1.165, 1.54) is 24.0 Å². The van der Waals surface area contributed by atoms with Gasteiger partial charge in [0, 0.05) is 0 Å². The van der Waals surface area contributed by atoms with E-state index in [1.54, 1.807) is 0 Å². The molecule has 4 aliphatic rings. The fourth-order valence-corrected chi connectivity index (χ4v) is 3.68. The predicted molar refractivity (Wildman–Crippen MR) is 52.2 cm³/mol. The van der Waals surface area contributed by atoms with E-state index < -0.39 is 0 Å². The maximum absolute atomic E-state index is 11.6. The van der Waals surface area contributed by atoms with Crippen molar-refractivity contribution < 1.29 is 19.1 Å². The number of hydrogen-bond donors (Lipinski definition) is 0. The van der Waals surface area contributed by atoms with Gasteiger partial charge in [0.05, 0.1) is 12.2 Å². The average Bonchev–Trinajstić information content (AvgIpc) is 2.91. The Balaban J connectivity index is 1.82. The SMILES string of the molecule is O=C1OC(=O)C2C1[C@@H]1O[C@H]2C2=C1CCCC2. The zero-order valence-electron chi connectivity index (χ0n) is 8.77. The highest BCUT2D eigenvalue weighted by atomic mass is 16.6. The fraction of sp³-hybridized carbons (Fsp3) is 0.667. The zero-order chi connectivity index (χ0) is 10.9. The van der Waals surface area contributed by atoms with Gasteiger partial charge in [0.1, 0.15) is 11.8 Å². The molecule has 16 heavy (non-hydrogen) atoms. The molecule has 0 aromatic heterocycles. The largest absolute Gasteiger partial charge is 0.393 e. The van der Waals surface area contributed by atoms with Crippen LogP contribution in [0, 0.1) is 11.8 Å². The first kappa shape index (κ1) is 8.93. The average molecular weight is 220 g/mol. The number of hydrogen-bond acceptors (Lipinski definition) is 4. The van der Waals surface area contributed by atoms with Crippen LogP contribution in [0.1, 0.15) is 25.7 Å². The Morgan fingerprint density at radius 1 is 0.875 bits per heavy atom. The van der Waals surface area contributed by atoms with Crippen LogP contribution >= 0.6 is 0 Å². The van der Waals surface area contributed by atoms with E-state index in [0.717, 1.165) is 12.8 Å². The second-order valence-electron chi connectivity index (χ2n) is 5.03. The van der Waals surface area contributed by atoms with Gasteiger partial charge in [-0.1, -0.05) is 0 Å². The maximum atomic E-state index is 11.6. The predicted octanol–water partition coefficient (Wildman–Crippen LogP) is 0.954. The molecule has 3 aliphatic heterocycles. The summed E-state index contributed by atoms with van der Waals surface area (Å²) in [5.74, 6) is -1.43. The van der Waals surface area contributed by atoms with Crippen molar-refractivity contribution in [3.63, 3.8) is 0 Å². The van der Waals surface area contributed by atoms with E-state index in [1.807, 2.05) is 0 Å². The summed E-state index contributed by atoms with van der Waals surface area (Å²) in [6.45, 7) is 0. The van der Waals surface area contributed by atoms with Crippen molar-refractivity contribution in [2.24, 2.45) is 11.8 Å². The van der Waals surface area contributed by atoms with Gasteiger partial charge in [-0.25, -0.2) is 0 Å². The lowest BCUT2D eigenvalue weighted by molar-refractivity contribution is -0.156. The lowest BCUT2D eigenvalue weighted by atomic mass is 9.72. The minimum Gasteiger partial charge on any atom is -0.393 e. The number of rotatable bonds is 0. The second kappa shape index (κ2) is 2.74. The first-order valence-corrected chi connectivity index (χ1v) is 5.90. The van der Waals surface area contributed by atoms with Crippen LogP contribution in [0.25, 0.3) is 0 Å². The van der Waals surface area contributed by atoms with Gasteiger partial charge in [-0.2, -0.15) is 0 Å². The third-order valence-electron chi connectivity index (χ3n) is 4.32. The summed E-state index contributed by atoms with van der Waals surface area (Å²) in [5, 5.41) is 0. The zero-order valence-corrected chi connectivity index (χ0v) is 8.77. The molecular weight excluding hydrogens is 208 g/mol. The first-order chi connectivity index (χ1) is 7.77. The van der Waals surface area contributed by atoms with Crippen LogP contribution in [-0.4, -0.2) is 24.1 Å². The standard InChI is InChI=1S/C12H12O4/c13-11-7-8(12(14)16-11)10-6-4-2-1-3-5(6)9(7)15-10/h7-10H,1-4H2/t7?,8?,9-,10+. The Morgan fingerprint density at radius 2 is 1.38 bits per heavy atom. The molecule has 0 spiro atoms. The molecule has 0 radical (unpaired) electrons. The van der Waals surface area contributed by atoms with E-state index in [0.29, 0.717) is 0 Å². The van der Waals surface area contributed by atoms with E-state index in [9.17, 15) is 9.59 Å². The molecule has 1 aliphatic carbocycles.